The second-order valence-corrected chi connectivity index (χ2v) is 0.675. The Hall–Kier alpha value is -0.200. The van der Waals surface area contributed by atoms with E-state index >= 15 is 0 Å². The van der Waals surface area contributed by atoms with Gasteiger partial charge >= 0.3 is 0 Å². The Morgan fingerprint density at radius 1 is 1.43 bits per heavy atom. The van der Waals surface area contributed by atoms with E-state index in [1.807, 2.05) is 6.92 Å². The predicted octanol–water partition coefficient (Wildman–Crippen LogP) is -2.21. The van der Waals surface area contributed by atoms with Crippen LogP contribution in [0.1, 0.15) is 6.92 Å². The van der Waals surface area contributed by atoms with Gasteiger partial charge < -0.3 is 0 Å². The van der Waals surface area contributed by atoms with Crippen LogP contribution in [0.3, 0.4) is 0 Å². The van der Waals surface area contributed by atoms with Crippen LogP contribution in [0.2, 0.25) is 0 Å². The van der Waals surface area contributed by atoms with Gasteiger partial charge in [-0.3, -0.25) is 17.5 Å². The van der Waals surface area contributed by atoms with Crippen molar-refractivity contribution in [1.82, 2.24) is 11.0 Å². The Morgan fingerprint density at radius 2 is 1.86 bits per heavy atom. The van der Waals surface area contributed by atoms with Crippen molar-refractivity contribution in [3.63, 3.8) is 0 Å². The van der Waals surface area contributed by atoms with E-state index in [9.17, 15) is 0 Å². The Kier molecular flexibility index (Phi) is 24.2. The zero-order valence-electron chi connectivity index (χ0n) is 4.44. The molecule has 8 N–H and O–H groups in total. The van der Waals surface area contributed by atoms with Gasteiger partial charge in [0.2, 0.25) is 0 Å². The summed E-state index contributed by atoms with van der Waals surface area (Å²) in [5.41, 5.74) is 4.91. The summed E-state index contributed by atoms with van der Waals surface area (Å²) in [7, 11) is 0. The molecule has 0 saturated heterocycles. The van der Waals surface area contributed by atoms with Gasteiger partial charge in [-0.2, -0.15) is 5.53 Å². The average Bonchev–Trinajstić information content (AvgIpc) is 1.75. The Balaban J connectivity index is 0. The van der Waals surface area contributed by atoms with Crippen molar-refractivity contribution in [3.05, 3.63) is 0 Å². The summed E-state index contributed by atoms with van der Waals surface area (Å²) in [5.74, 6) is 12.8. The number of nitrogens with one attached hydrogen (secondary N) is 2. The van der Waals surface area contributed by atoms with E-state index in [4.69, 9.17) is 5.84 Å². The lowest BCUT2D eigenvalue weighted by Crippen LogP contribution is -2.37. The van der Waals surface area contributed by atoms with E-state index in [2.05, 4.69) is 22.6 Å². The van der Waals surface area contributed by atoms with Crippen molar-refractivity contribution in [3.8, 4) is 0 Å². The number of hydrogen-bond donors (Lipinski definition) is 5. The van der Waals surface area contributed by atoms with Gasteiger partial charge in [0.1, 0.15) is 0 Å². The van der Waals surface area contributed by atoms with Crippen molar-refractivity contribution >= 4 is 0 Å². The summed E-state index contributed by atoms with van der Waals surface area (Å²) in [4.78, 5) is 0. The molecule has 0 spiro atoms. The largest absolute Gasteiger partial charge is 0.274 e. The van der Waals surface area contributed by atoms with Crippen LogP contribution in [-0.2, 0) is 0 Å². The van der Waals surface area contributed by atoms with E-state index in [-0.39, 0.29) is 0 Å². The molecule has 0 saturated carbocycles. The van der Waals surface area contributed by atoms with Gasteiger partial charge in [0.05, 0.1) is 0 Å². The molecule has 5 nitrogen and oxygen atoms in total. The number of nitrogens with two attached hydrogens (primary N) is 3. The molecule has 0 atom stereocenters. The lowest BCUT2D eigenvalue weighted by Gasteiger charge is -1.90. The first-order chi connectivity index (χ1) is 3.41. The minimum atomic E-state index is 0.858. The minimum absolute atomic E-state index is 0.858. The lowest BCUT2D eigenvalue weighted by atomic mass is 10.8. The zero-order chi connectivity index (χ0) is 6.12. The van der Waals surface area contributed by atoms with Crippen LogP contribution in [0.25, 0.3) is 0 Å². The first-order valence-corrected chi connectivity index (χ1v) is 1.93. The summed E-state index contributed by atoms with van der Waals surface area (Å²) in [6, 6.07) is 0. The molecule has 0 aromatic rings. The van der Waals surface area contributed by atoms with Crippen LogP contribution in [0.5, 0.6) is 0 Å². The van der Waals surface area contributed by atoms with Crippen molar-refractivity contribution in [2.75, 3.05) is 6.54 Å². The topological polar surface area (TPSA) is 102 Å². The van der Waals surface area contributed by atoms with E-state index in [1.54, 1.807) is 0 Å². The second kappa shape index (κ2) is 17.0. The minimum Gasteiger partial charge on any atom is -0.274 e. The average molecular weight is 107 g/mol. The molecule has 0 bridgehead atoms. The van der Waals surface area contributed by atoms with Crippen LogP contribution in [0.15, 0.2) is 0 Å². The lowest BCUT2D eigenvalue weighted by molar-refractivity contribution is 0.576. The van der Waals surface area contributed by atoms with Crippen molar-refractivity contribution in [2.45, 2.75) is 6.92 Å². The number of hydrogen-bond acceptors (Lipinski definition) is 5. The van der Waals surface area contributed by atoms with Crippen molar-refractivity contribution in [1.29, 1.82) is 0 Å². The van der Waals surface area contributed by atoms with Crippen LogP contribution in [-0.4, -0.2) is 6.54 Å². The molecular weight excluding hydrogens is 94.1 g/mol. The zero-order valence-corrected chi connectivity index (χ0v) is 4.44. The molecule has 0 aliphatic heterocycles. The third-order valence-corrected chi connectivity index (χ3v) is 0.279. The van der Waals surface area contributed by atoms with Crippen LogP contribution in [0, 0.1) is 0 Å². The summed E-state index contributed by atoms with van der Waals surface area (Å²) in [6.07, 6.45) is 0. The van der Waals surface area contributed by atoms with Gasteiger partial charge in [0.25, 0.3) is 0 Å². The van der Waals surface area contributed by atoms with Gasteiger partial charge in [0.15, 0.2) is 0 Å². The van der Waals surface area contributed by atoms with Gasteiger partial charge in [-0.25, -0.2) is 5.43 Å². The highest BCUT2D eigenvalue weighted by Crippen LogP contribution is 1.34. The van der Waals surface area contributed by atoms with Gasteiger partial charge in [0, 0.05) is 6.54 Å². The predicted molar refractivity (Wildman–Crippen MR) is 29.4 cm³/mol. The molecule has 0 unspecified atom stereocenters. The Bertz CT molecular complexity index is 13.6. The Labute approximate surface area is 43.1 Å². The van der Waals surface area contributed by atoms with Gasteiger partial charge in [-0.15, -0.1) is 0 Å². The van der Waals surface area contributed by atoms with Crippen molar-refractivity contribution < 1.29 is 0 Å². The van der Waals surface area contributed by atoms with Crippen LogP contribution >= 0.6 is 0 Å². The Morgan fingerprint density at radius 3 is 1.86 bits per heavy atom. The summed E-state index contributed by atoms with van der Waals surface area (Å²) in [5, 5.41) is 0. The van der Waals surface area contributed by atoms with Crippen LogP contribution < -0.4 is 28.5 Å². The molecule has 5 heteroatoms. The monoisotopic (exact) mass is 107 g/mol. The molecule has 0 aliphatic carbocycles. The molecule has 0 radical (unpaired) electrons. The molecule has 0 aromatic heterocycles. The van der Waals surface area contributed by atoms with E-state index < -0.39 is 0 Å². The molecule has 0 rings (SSSR count). The third-order valence-electron chi connectivity index (χ3n) is 0.279. The quantitative estimate of drug-likeness (QED) is 0.203. The van der Waals surface area contributed by atoms with Crippen LogP contribution in [0.4, 0.5) is 0 Å². The highest BCUT2D eigenvalue weighted by Gasteiger charge is 1.59. The molecule has 46 valence electrons. The summed E-state index contributed by atoms with van der Waals surface area (Å²) < 4.78 is 0. The second-order valence-electron chi connectivity index (χ2n) is 0.675. The maximum atomic E-state index is 4.78. The molecule has 7 heavy (non-hydrogen) atoms. The maximum Gasteiger partial charge on any atom is 0.00845 e. The molecule has 0 fully saturated rings. The smallest absolute Gasteiger partial charge is 0.00845 e. The first-order valence-electron chi connectivity index (χ1n) is 1.93. The first kappa shape index (κ1) is 9.93. The molecule has 0 aliphatic rings. The van der Waals surface area contributed by atoms with E-state index in [0.717, 1.165) is 6.54 Å². The van der Waals surface area contributed by atoms with E-state index in [0.29, 0.717) is 0 Å². The van der Waals surface area contributed by atoms with Crippen molar-refractivity contribution in [2.24, 2.45) is 17.5 Å². The highest BCUT2D eigenvalue weighted by molar-refractivity contribution is 4.15. The normalized spacial score (nSPS) is 6.86. The fourth-order valence-electron chi connectivity index (χ4n) is 0.102. The molecule has 0 aromatic carbocycles. The van der Waals surface area contributed by atoms with Gasteiger partial charge in [-0.1, -0.05) is 6.92 Å². The number of hydrazine groups is 3. The summed E-state index contributed by atoms with van der Waals surface area (Å²) in [6.45, 7) is 2.82. The van der Waals surface area contributed by atoms with Gasteiger partial charge in [-0.05, 0) is 0 Å². The van der Waals surface area contributed by atoms with E-state index in [1.165, 1.54) is 0 Å². The molecular formula is C2H13N5. The third kappa shape index (κ3) is 25.8. The standard InChI is InChI=1S/C2H9N3.H4N2/c1-2-4-5-3;1-2/h4-5H,2-3H2,1H3;1-2H2. The number of rotatable bonds is 2. The molecule has 0 amide bonds. The fraction of sp³-hybridized carbons (Fsp3) is 1.00. The maximum absolute atomic E-state index is 4.78. The SMILES string of the molecule is CCNNN.NN. The highest BCUT2D eigenvalue weighted by atomic mass is 15.5. The summed E-state index contributed by atoms with van der Waals surface area (Å²) >= 11 is 0. The molecule has 0 heterocycles. The fourth-order valence-corrected chi connectivity index (χ4v) is 0.102.